The standard InChI is InChI=1S/C16H35N3O2/c1-3-4-5-6-7-8-9-10-11-12-13-18-16(2,17)19-14-15(20)21/h18-19H,3-14,17H2,1-2H3,(H,20,21). The summed E-state index contributed by atoms with van der Waals surface area (Å²) in [5, 5.41) is 14.5. The van der Waals surface area contributed by atoms with E-state index in [4.69, 9.17) is 10.8 Å². The van der Waals surface area contributed by atoms with Gasteiger partial charge in [-0.25, -0.2) is 0 Å². The van der Waals surface area contributed by atoms with Gasteiger partial charge in [-0.05, 0) is 19.9 Å². The molecule has 0 fully saturated rings. The summed E-state index contributed by atoms with van der Waals surface area (Å²) in [6.07, 6.45) is 13.1. The Hall–Kier alpha value is -0.650. The van der Waals surface area contributed by atoms with Gasteiger partial charge in [0.1, 0.15) is 5.79 Å². The normalized spacial score (nSPS) is 14.0. The number of nitrogens with one attached hydrogen (secondary N) is 2. The van der Waals surface area contributed by atoms with Gasteiger partial charge in [0.15, 0.2) is 0 Å². The van der Waals surface area contributed by atoms with Crippen LogP contribution in [0.3, 0.4) is 0 Å². The van der Waals surface area contributed by atoms with Crippen molar-refractivity contribution in [1.82, 2.24) is 10.6 Å². The Morgan fingerprint density at radius 1 is 0.952 bits per heavy atom. The van der Waals surface area contributed by atoms with Gasteiger partial charge >= 0.3 is 5.97 Å². The van der Waals surface area contributed by atoms with Crippen molar-refractivity contribution in [2.24, 2.45) is 5.73 Å². The molecule has 0 bridgehead atoms. The maximum Gasteiger partial charge on any atom is 0.317 e. The van der Waals surface area contributed by atoms with Crippen molar-refractivity contribution in [1.29, 1.82) is 0 Å². The average Bonchev–Trinajstić information content (AvgIpc) is 2.43. The smallest absolute Gasteiger partial charge is 0.317 e. The predicted molar refractivity (Wildman–Crippen MR) is 88.1 cm³/mol. The van der Waals surface area contributed by atoms with Crippen LogP contribution in [0.15, 0.2) is 0 Å². The van der Waals surface area contributed by atoms with E-state index in [1.807, 2.05) is 0 Å². The van der Waals surface area contributed by atoms with Gasteiger partial charge in [0, 0.05) is 0 Å². The Morgan fingerprint density at radius 2 is 1.43 bits per heavy atom. The van der Waals surface area contributed by atoms with E-state index in [0.29, 0.717) is 0 Å². The first kappa shape index (κ1) is 20.3. The van der Waals surface area contributed by atoms with E-state index in [1.54, 1.807) is 6.92 Å². The van der Waals surface area contributed by atoms with Crippen LogP contribution in [-0.4, -0.2) is 30.0 Å². The monoisotopic (exact) mass is 301 g/mol. The predicted octanol–water partition coefficient (Wildman–Crippen LogP) is 2.80. The number of unbranched alkanes of at least 4 members (excludes halogenated alkanes) is 9. The molecule has 5 N–H and O–H groups in total. The lowest BCUT2D eigenvalue weighted by Crippen LogP contribution is -2.62. The lowest BCUT2D eigenvalue weighted by Gasteiger charge is -2.26. The van der Waals surface area contributed by atoms with E-state index >= 15 is 0 Å². The molecular formula is C16H35N3O2. The van der Waals surface area contributed by atoms with Crippen LogP contribution in [0.2, 0.25) is 0 Å². The summed E-state index contributed by atoms with van der Waals surface area (Å²) in [5.74, 6) is -1.70. The number of hydrogen-bond acceptors (Lipinski definition) is 4. The number of hydrogen-bond donors (Lipinski definition) is 4. The van der Waals surface area contributed by atoms with E-state index in [2.05, 4.69) is 17.6 Å². The maximum absolute atomic E-state index is 10.5. The zero-order valence-electron chi connectivity index (χ0n) is 13.9. The number of nitrogens with two attached hydrogens (primary N) is 1. The minimum absolute atomic E-state index is 0.127. The zero-order chi connectivity index (χ0) is 16.0. The van der Waals surface area contributed by atoms with Crippen LogP contribution >= 0.6 is 0 Å². The number of carboxylic acid groups (broad SMARTS) is 1. The first-order valence-corrected chi connectivity index (χ1v) is 8.48. The molecule has 1 atom stereocenters. The molecule has 0 aliphatic carbocycles. The summed E-state index contributed by atoms with van der Waals surface area (Å²) in [6.45, 7) is 4.69. The molecule has 0 amide bonds. The molecule has 0 spiro atoms. The molecule has 0 aromatic carbocycles. The minimum atomic E-state index is -0.896. The maximum atomic E-state index is 10.5. The van der Waals surface area contributed by atoms with Gasteiger partial charge in [-0.15, -0.1) is 0 Å². The van der Waals surface area contributed by atoms with Crippen LogP contribution in [-0.2, 0) is 4.79 Å². The SMILES string of the molecule is CCCCCCCCCCCCNC(C)(N)NCC(=O)O. The molecular weight excluding hydrogens is 266 g/mol. The fourth-order valence-electron chi connectivity index (χ4n) is 2.28. The highest BCUT2D eigenvalue weighted by atomic mass is 16.4. The van der Waals surface area contributed by atoms with Gasteiger partial charge in [0.2, 0.25) is 0 Å². The molecule has 0 aromatic rings. The van der Waals surface area contributed by atoms with Crippen LogP contribution in [0.1, 0.15) is 78.1 Å². The summed E-state index contributed by atoms with van der Waals surface area (Å²) >= 11 is 0. The van der Waals surface area contributed by atoms with Crippen molar-refractivity contribution < 1.29 is 9.90 Å². The van der Waals surface area contributed by atoms with Crippen LogP contribution in [0.25, 0.3) is 0 Å². The van der Waals surface area contributed by atoms with Crippen LogP contribution in [0, 0.1) is 0 Å². The fourth-order valence-corrected chi connectivity index (χ4v) is 2.28. The third-order valence-electron chi connectivity index (χ3n) is 3.63. The highest BCUT2D eigenvalue weighted by molar-refractivity contribution is 5.69. The van der Waals surface area contributed by atoms with Crippen molar-refractivity contribution in [3.63, 3.8) is 0 Å². The summed E-state index contributed by atoms with van der Waals surface area (Å²) in [5.41, 5.74) is 5.90. The van der Waals surface area contributed by atoms with E-state index < -0.39 is 11.8 Å². The molecule has 0 aliphatic rings. The summed E-state index contributed by atoms with van der Waals surface area (Å²) in [4.78, 5) is 10.5. The molecule has 0 heterocycles. The Balaban J connectivity index is 3.29. The van der Waals surface area contributed by atoms with Crippen molar-refractivity contribution in [2.75, 3.05) is 13.1 Å². The molecule has 0 aromatic heterocycles. The van der Waals surface area contributed by atoms with Crippen molar-refractivity contribution in [3.8, 4) is 0 Å². The lowest BCUT2D eigenvalue weighted by atomic mass is 10.1. The van der Waals surface area contributed by atoms with Gasteiger partial charge in [-0.2, -0.15) is 0 Å². The molecule has 0 radical (unpaired) electrons. The molecule has 126 valence electrons. The molecule has 0 saturated carbocycles. The van der Waals surface area contributed by atoms with Crippen LogP contribution < -0.4 is 16.4 Å². The fraction of sp³-hybridized carbons (Fsp3) is 0.938. The lowest BCUT2D eigenvalue weighted by molar-refractivity contribution is -0.136. The Kier molecular flexibility index (Phi) is 12.6. The largest absolute Gasteiger partial charge is 0.480 e. The number of carboxylic acids is 1. The van der Waals surface area contributed by atoms with Crippen molar-refractivity contribution in [2.45, 2.75) is 83.8 Å². The quantitative estimate of drug-likeness (QED) is 0.276. The Bertz CT molecular complexity index is 258. The van der Waals surface area contributed by atoms with E-state index in [0.717, 1.165) is 13.0 Å². The van der Waals surface area contributed by atoms with Crippen LogP contribution in [0.5, 0.6) is 0 Å². The summed E-state index contributed by atoms with van der Waals surface area (Å²) in [6, 6.07) is 0. The van der Waals surface area contributed by atoms with Gasteiger partial charge < -0.3 is 10.8 Å². The highest BCUT2D eigenvalue weighted by Gasteiger charge is 2.16. The van der Waals surface area contributed by atoms with E-state index in [9.17, 15) is 4.79 Å². The highest BCUT2D eigenvalue weighted by Crippen LogP contribution is 2.10. The second kappa shape index (κ2) is 13.0. The zero-order valence-corrected chi connectivity index (χ0v) is 13.9. The molecule has 1 unspecified atom stereocenters. The van der Waals surface area contributed by atoms with Crippen molar-refractivity contribution >= 4 is 5.97 Å². The summed E-state index contributed by atoms with van der Waals surface area (Å²) < 4.78 is 0. The molecule has 21 heavy (non-hydrogen) atoms. The van der Waals surface area contributed by atoms with E-state index in [-0.39, 0.29) is 6.54 Å². The van der Waals surface area contributed by atoms with Gasteiger partial charge in [0.25, 0.3) is 0 Å². The molecule has 0 rings (SSSR count). The van der Waals surface area contributed by atoms with Crippen LogP contribution in [0.4, 0.5) is 0 Å². The van der Waals surface area contributed by atoms with E-state index in [1.165, 1.54) is 57.8 Å². The number of rotatable bonds is 15. The van der Waals surface area contributed by atoms with Gasteiger partial charge in [0.05, 0.1) is 6.54 Å². The first-order chi connectivity index (χ1) is 9.98. The third-order valence-corrected chi connectivity index (χ3v) is 3.63. The second-order valence-corrected chi connectivity index (χ2v) is 6.06. The average molecular weight is 301 g/mol. The van der Waals surface area contributed by atoms with Gasteiger partial charge in [-0.3, -0.25) is 15.4 Å². The number of aliphatic carboxylic acids is 1. The molecule has 0 aliphatic heterocycles. The summed E-state index contributed by atoms with van der Waals surface area (Å²) in [7, 11) is 0. The van der Waals surface area contributed by atoms with Crippen molar-refractivity contribution in [3.05, 3.63) is 0 Å². The number of carbonyl (C=O) groups is 1. The minimum Gasteiger partial charge on any atom is -0.480 e. The first-order valence-electron chi connectivity index (χ1n) is 8.48. The Labute approximate surface area is 130 Å². The Morgan fingerprint density at radius 3 is 1.90 bits per heavy atom. The topological polar surface area (TPSA) is 87.4 Å². The molecule has 5 nitrogen and oxygen atoms in total. The second-order valence-electron chi connectivity index (χ2n) is 6.06. The van der Waals surface area contributed by atoms with Gasteiger partial charge in [-0.1, -0.05) is 64.7 Å². The molecule has 5 heteroatoms. The molecule has 0 saturated heterocycles. The third kappa shape index (κ3) is 15.6.